The summed E-state index contributed by atoms with van der Waals surface area (Å²) in [5.74, 6) is 6.38. The molecule has 26 heavy (non-hydrogen) atoms. The molecule has 3 rings (SSSR count). The van der Waals surface area contributed by atoms with E-state index in [-0.39, 0.29) is 29.9 Å². The lowest BCUT2D eigenvalue weighted by atomic mass is 9.69. The van der Waals surface area contributed by atoms with Gasteiger partial charge in [-0.25, -0.2) is 0 Å². The first-order valence-electron chi connectivity index (χ1n) is 9.31. The number of hydrogen-bond donors (Lipinski definition) is 1. The van der Waals surface area contributed by atoms with E-state index in [9.17, 15) is 9.59 Å². The lowest BCUT2D eigenvalue weighted by Gasteiger charge is -2.35. The van der Waals surface area contributed by atoms with Crippen LogP contribution >= 0.6 is 12.4 Å². The summed E-state index contributed by atoms with van der Waals surface area (Å²) < 4.78 is 0. The highest BCUT2D eigenvalue weighted by atomic mass is 35.5. The number of Topliss-reactive ketones (excluding diaryl/α,β-unsaturated/α-hetero) is 2. The van der Waals surface area contributed by atoms with Gasteiger partial charge in [-0.2, -0.15) is 0 Å². The number of rotatable bonds is 2. The topological polar surface area (TPSA) is 46.2 Å². The van der Waals surface area contributed by atoms with Crippen LogP contribution < -0.4 is 5.32 Å². The molecule has 2 fully saturated rings. The largest absolute Gasteiger partial charge is 0.317 e. The van der Waals surface area contributed by atoms with E-state index in [2.05, 4.69) is 17.2 Å². The SMILES string of the molecule is CC#Cc1cc(C)c(C2C(=O)CC(C3CCNCC3)CC2=O)c(C)c1.Cl. The molecule has 0 bridgehead atoms. The molecule has 0 aromatic heterocycles. The maximum absolute atomic E-state index is 12.9. The Labute approximate surface area is 162 Å². The maximum atomic E-state index is 12.9. The average Bonchev–Trinajstić information content (AvgIpc) is 2.57. The van der Waals surface area contributed by atoms with Crippen LogP contribution in [0.25, 0.3) is 0 Å². The lowest BCUT2D eigenvalue weighted by molar-refractivity contribution is -0.134. The highest BCUT2D eigenvalue weighted by molar-refractivity contribution is 6.10. The van der Waals surface area contributed by atoms with Gasteiger partial charge in [0, 0.05) is 18.4 Å². The van der Waals surface area contributed by atoms with Gasteiger partial charge in [0.1, 0.15) is 17.5 Å². The second kappa shape index (κ2) is 8.84. The van der Waals surface area contributed by atoms with Crippen LogP contribution in [-0.2, 0) is 9.59 Å². The van der Waals surface area contributed by atoms with Crippen molar-refractivity contribution >= 4 is 24.0 Å². The van der Waals surface area contributed by atoms with E-state index in [0.717, 1.165) is 48.2 Å². The summed E-state index contributed by atoms with van der Waals surface area (Å²) in [7, 11) is 0. The first-order valence-corrected chi connectivity index (χ1v) is 9.31. The molecule has 1 heterocycles. The molecule has 3 nitrogen and oxygen atoms in total. The van der Waals surface area contributed by atoms with E-state index in [4.69, 9.17) is 0 Å². The first kappa shape index (κ1) is 20.7. The average molecular weight is 374 g/mol. The molecule has 1 aromatic carbocycles. The van der Waals surface area contributed by atoms with Crippen LogP contribution in [0.1, 0.15) is 60.8 Å². The second-order valence-corrected chi connectivity index (χ2v) is 7.52. The molecule has 1 saturated heterocycles. The Hall–Kier alpha value is -1.63. The van der Waals surface area contributed by atoms with Crippen LogP contribution in [0.4, 0.5) is 0 Å². The number of aryl methyl sites for hydroxylation is 2. The van der Waals surface area contributed by atoms with Gasteiger partial charge in [-0.3, -0.25) is 9.59 Å². The molecule has 1 aliphatic heterocycles. The monoisotopic (exact) mass is 373 g/mol. The Morgan fingerprint density at radius 1 is 0.962 bits per heavy atom. The van der Waals surface area contributed by atoms with Gasteiger partial charge in [0.25, 0.3) is 0 Å². The Bertz CT molecular complexity index is 712. The molecule has 2 aliphatic rings. The van der Waals surface area contributed by atoms with Gasteiger partial charge in [0.05, 0.1) is 0 Å². The van der Waals surface area contributed by atoms with Gasteiger partial charge in [-0.15, -0.1) is 18.3 Å². The summed E-state index contributed by atoms with van der Waals surface area (Å²) in [5, 5.41) is 3.36. The molecule has 1 saturated carbocycles. The van der Waals surface area contributed by atoms with Crippen LogP contribution in [0, 0.1) is 37.5 Å². The number of benzene rings is 1. The molecular weight excluding hydrogens is 346 g/mol. The molecule has 0 amide bonds. The molecule has 0 unspecified atom stereocenters. The number of piperidine rings is 1. The molecule has 0 spiro atoms. The van der Waals surface area contributed by atoms with E-state index < -0.39 is 5.92 Å². The van der Waals surface area contributed by atoms with Crippen molar-refractivity contribution in [3.8, 4) is 11.8 Å². The molecule has 0 atom stereocenters. The zero-order valence-corrected chi connectivity index (χ0v) is 16.7. The molecule has 4 heteroatoms. The van der Waals surface area contributed by atoms with Crippen LogP contribution in [0.2, 0.25) is 0 Å². The molecule has 1 aromatic rings. The highest BCUT2D eigenvalue weighted by Gasteiger charge is 2.40. The van der Waals surface area contributed by atoms with Gasteiger partial charge in [0.2, 0.25) is 0 Å². The third-order valence-electron chi connectivity index (χ3n) is 5.77. The Balaban J connectivity index is 0.00000243. The summed E-state index contributed by atoms with van der Waals surface area (Å²) in [6.07, 6.45) is 3.27. The third-order valence-corrected chi connectivity index (χ3v) is 5.77. The normalized spacial score (nSPS) is 23.8. The van der Waals surface area contributed by atoms with Gasteiger partial charge >= 0.3 is 0 Å². The predicted molar refractivity (Wildman–Crippen MR) is 107 cm³/mol. The maximum Gasteiger partial charge on any atom is 0.148 e. The van der Waals surface area contributed by atoms with Gasteiger partial charge in [-0.1, -0.05) is 5.92 Å². The smallest absolute Gasteiger partial charge is 0.148 e. The standard InChI is InChI=1S/C22H27NO2.ClH/c1-4-5-16-10-14(2)21(15(3)11-16)22-19(24)12-18(13-20(22)25)17-6-8-23-9-7-17;/h10-11,17-18,22-23H,6-9,12-13H2,1-3H3;1H. The number of nitrogens with one attached hydrogen (secondary N) is 1. The molecular formula is C22H28ClNO2. The first-order chi connectivity index (χ1) is 12.0. The zero-order valence-electron chi connectivity index (χ0n) is 15.9. The van der Waals surface area contributed by atoms with Crippen molar-refractivity contribution in [1.82, 2.24) is 5.32 Å². The number of carbonyl (C=O) groups excluding carboxylic acids is 2. The molecule has 0 radical (unpaired) electrons. The van der Waals surface area contributed by atoms with Crippen LogP contribution in [0.3, 0.4) is 0 Å². The summed E-state index contributed by atoms with van der Waals surface area (Å²) in [6, 6.07) is 4.00. The number of carbonyl (C=O) groups is 2. The minimum Gasteiger partial charge on any atom is -0.317 e. The summed E-state index contributed by atoms with van der Waals surface area (Å²) >= 11 is 0. The fourth-order valence-electron chi connectivity index (χ4n) is 4.62. The lowest BCUT2D eigenvalue weighted by Crippen LogP contribution is -2.39. The van der Waals surface area contributed by atoms with Crippen molar-refractivity contribution in [2.24, 2.45) is 11.8 Å². The number of halogens is 1. The van der Waals surface area contributed by atoms with Crippen LogP contribution in [-0.4, -0.2) is 24.7 Å². The third kappa shape index (κ3) is 4.19. The van der Waals surface area contributed by atoms with Crippen molar-refractivity contribution in [3.63, 3.8) is 0 Å². The summed E-state index contributed by atoms with van der Waals surface area (Å²) in [5.41, 5.74) is 3.87. The van der Waals surface area contributed by atoms with E-state index in [1.165, 1.54) is 0 Å². The molecule has 1 N–H and O–H groups in total. The summed E-state index contributed by atoms with van der Waals surface area (Å²) in [6.45, 7) is 7.80. The van der Waals surface area contributed by atoms with Gasteiger partial charge in [-0.05, 0) is 87.4 Å². The van der Waals surface area contributed by atoms with Crippen molar-refractivity contribution < 1.29 is 9.59 Å². The van der Waals surface area contributed by atoms with Crippen LogP contribution in [0.15, 0.2) is 12.1 Å². The number of hydrogen-bond acceptors (Lipinski definition) is 3. The quantitative estimate of drug-likeness (QED) is 0.634. The summed E-state index contributed by atoms with van der Waals surface area (Å²) in [4.78, 5) is 25.8. The molecule has 140 valence electrons. The van der Waals surface area contributed by atoms with E-state index in [1.54, 1.807) is 0 Å². The zero-order chi connectivity index (χ0) is 18.0. The predicted octanol–water partition coefficient (Wildman–Crippen LogP) is 3.73. The molecule has 1 aliphatic carbocycles. The second-order valence-electron chi connectivity index (χ2n) is 7.52. The minimum atomic E-state index is -0.568. The number of ketones is 2. The fraction of sp³-hybridized carbons (Fsp3) is 0.545. The van der Waals surface area contributed by atoms with Crippen molar-refractivity contribution in [2.75, 3.05) is 13.1 Å². The van der Waals surface area contributed by atoms with Gasteiger partial charge < -0.3 is 5.32 Å². The van der Waals surface area contributed by atoms with Crippen molar-refractivity contribution in [2.45, 2.75) is 52.4 Å². The fourth-order valence-corrected chi connectivity index (χ4v) is 4.62. The van der Waals surface area contributed by atoms with Crippen LogP contribution in [0.5, 0.6) is 0 Å². The van der Waals surface area contributed by atoms with Crippen molar-refractivity contribution in [1.29, 1.82) is 0 Å². The van der Waals surface area contributed by atoms with Gasteiger partial charge in [0.15, 0.2) is 0 Å². The Kier molecular flexibility index (Phi) is 7.03. The Morgan fingerprint density at radius 3 is 2.00 bits per heavy atom. The van der Waals surface area contributed by atoms with Crippen molar-refractivity contribution in [3.05, 3.63) is 34.4 Å². The Morgan fingerprint density at radius 2 is 1.50 bits per heavy atom. The minimum absolute atomic E-state index is 0. The van der Waals surface area contributed by atoms with E-state index >= 15 is 0 Å². The van der Waals surface area contributed by atoms with E-state index in [1.807, 2.05) is 32.9 Å². The van der Waals surface area contributed by atoms with E-state index in [0.29, 0.717) is 18.8 Å². The highest BCUT2D eigenvalue weighted by Crippen LogP contribution is 2.39.